The SMILES string of the molecule is CC(C)(C)OC(=O)N1C[C@@H](C2C=C(F)C=C(F)C2)NC(=O)C12COCCOC2. The number of nitrogens with one attached hydrogen (secondary N) is 1. The number of amides is 2. The van der Waals surface area contributed by atoms with Crippen molar-refractivity contribution in [1.82, 2.24) is 10.2 Å². The average Bonchev–Trinajstić information content (AvgIpc) is 2.81. The molecule has 1 unspecified atom stereocenters. The molecule has 2 saturated heterocycles. The first-order valence-electron chi connectivity index (χ1n) is 9.31. The number of hydrogen-bond acceptors (Lipinski definition) is 5. The zero-order valence-corrected chi connectivity index (χ0v) is 16.3. The van der Waals surface area contributed by atoms with Gasteiger partial charge in [-0.2, -0.15) is 0 Å². The zero-order valence-electron chi connectivity index (χ0n) is 16.3. The molecule has 1 aliphatic carbocycles. The van der Waals surface area contributed by atoms with E-state index in [2.05, 4.69) is 5.32 Å². The molecule has 0 aromatic rings. The van der Waals surface area contributed by atoms with Gasteiger partial charge in [-0.05, 0) is 26.8 Å². The molecule has 9 heteroatoms. The molecule has 2 aliphatic heterocycles. The third kappa shape index (κ3) is 4.35. The smallest absolute Gasteiger partial charge is 0.411 e. The number of halogens is 2. The quantitative estimate of drug-likeness (QED) is 0.731. The summed E-state index contributed by atoms with van der Waals surface area (Å²) in [6.07, 6.45) is 1.33. The molecule has 0 aromatic heterocycles. The normalized spacial score (nSPS) is 28.2. The molecule has 1 spiro atoms. The summed E-state index contributed by atoms with van der Waals surface area (Å²) in [6, 6.07) is -0.668. The minimum atomic E-state index is -1.39. The van der Waals surface area contributed by atoms with Crippen LogP contribution >= 0.6 is 0 Å². The molecule has 2 amide bonds. The molecule has 2 heterocycles. The Morgan fingerprint density at radius 2 is 1.93 bits per heavy atom. The van der Waals surface area contributed by atoms with Crippen LogP contribution in [0.25, 0.3) is 0 Å². The third-order valence-electron chi connectivity index (χ3n) is 4.92. The fraction of sp³-hybridized carbons (Fsp3) is 0.684. The summed E-state index contributed by atoms with van der Waals surface area (Å²) in [5.41, 5.74) is -2.17. The van der Waals surface area contributed by atoms with E-state index in [4.69, 9.17) is 14.2 Å². The number of hydrogen-bond donors (Lipinski definition) is 1. The van der Waals surface area contributed by atoms with Gasteiger partial charge in [0, 0.05) is 25.0 Å². The number of piperazine rings is 1. The van der Waals surface area contributed by atoms with Crippen molar-refractivity contribution in [2.24, 2.45) is 5.92 Å². The highest BCUT2D eigenvalue weighted by Gasteiger charge is 2.54. The maximum atomic E-state index is 13.7. The van der Waals surface area contributed by atoms with Crippen molar-refractivity contribution in [3.05, 3.63) is 23.8 Å². The van der Waals surface area contributed by atoms with Crippen LogP contribution in [-0.2, 0) is 19.0 Å². The molecule has 0 bridgehead atoms. The lowest BCUT2D eigenvalue weighted by Crippen LogP contribution is -2.73. The molecule has 3 rings (SSSR count). The van der Waals surface area contributed by atoms with E-state index in [1.165, 1.54) is 11.0 Å². The Hall–Kier alpha value is -2.00. The number of carbonyl (C=O) groups is 2. The Morgan fingerprint density at radius 1 is 1.29 bits per heavy atom. The summed E-state index contributed by atoms with van der Waals surface area (Å²) < 4.78 is 43.9. The number of ether oxygens (including phenoxy) is 3. The van der Waals surface area contributed by atoms with Crippen molar-refractivity contribution in [1.29, 1.82) is 0 Å². The Morgan fingerprint density at radius 3 is 2.50 bits per heavy atom. The molecule has 156 valence electrons. The first kappa shape index (κ1) is 20.7. The van der Waals surface area contributed by atoms with Gasteiger partial charge in [0.25, 0.3) is 5.91 Å². The molecule has 28 heavy (non-hydrogen) atoms. The maximum Gasteiger partial charge on any atom is 0.411 e. The summed E-state index contributed by atoms with van der Waals surface area (Å²) in [5, 5.41) is 2.81. The van der Waals surface area contributed by atoms with Crippen LogP contribution in [0.3, 0.4) is 0 Å². The zero-order chi connectivity index (χ0) is 20.5. The van der Waals surface area contributed by atoms with E-state index in [9.17, 15) is 18.4 Å². The van der Waals surface area contributed by atoms with Crippen molar-refractivity contribution in [3.63, 3.8) is 0 Å². The molecule has 0 radical (unpaired) electrons. The maximum absolute atomic E-state index is 13.7. The number of rotatable bonds is 1. The van der Waals surface area contributed by atoms with Crippen molar-refractivity contribution in [2.45, 2.75) is 44.4 Å². The van der Waals surface area contributed by atoms with Crippen LogP contribution in [-0.4, -0.2) is 67.1 Å². The highest BCUT2D eigenvalue weighted by atomic mass is 19.1. The summed E-state index contributed by atoms with van der Waals surface area (Å²) >= 11 is 0. The van der Waals surface area contributed by atoms with Gasteiger partial charge in [0.15, 0.2) is 5.54 Å². The van der Waals surface area contributed by atoms with Crippen molar-refractivity contribution in [2.75, 3.05) is 33.0 Å². The minimum Gasteiger partial charge on any atom is -0.444 e. The molecule has 0 saturated carbocycles. The molecule has 3 aliphatic rings. The van der Waals surface area contributed by atoms with E-state index in [1.807, 2.05) is 0 Å². The fourth-order valence-corrected chi connectivity index (χ4v) is 3.58. The Balaban J connectivity index is 1.90. The van der Waals surface area contributed by atoms with Crippen LogP contribution in [0.2, 0.25) is 0 Å². The van der Waals surface area contributed by atoms with Gasteiger partial charge in [0.1, 0.15) is 17.3 Å². The lowest BCUT2D eigenvalue weighted by molar-refractivity contribution is -0.147. The molecule has 2 fully saturated rings. The second-order valence-electron chi connectivity index (χ2n) is 8.32. The van der Waals surface area contributed by atoms with Crippen molar-refractivity contribution in [3.8, 4) is 0 Å². The van der Waals surface area contributed by atoms with Crippen LogP contribution < -0.4 is 5.32 Å². The summed E-state index contributed by atoms with van der Waals surface area (Å²) in [4.78, 5) is 27.3. The predicted octanol–water partition coefficient (Wildman–Crippen LogP) is 2.23. The first-order chi connectivity index (χ1) is 13.1. The second kappa shape index (κ2) is 7.79. The fourth-order valence-electron chi connectivity index (χ4n) is 3.58. The highest BCUT2D eigenvalue weighted by Crippen LogP contribution is 2.33. The average molecular weight is 400 g/mol. The van der Waals surface area contributed by atoms with E-state index in [0.29, 0.717) is 13.2 Å². The van der Waals surface area contributed by atoms with E-state index in [1.54, 1.807) is 20.8 Å². The third-order valence-corrected chi connectivity index (χ3v) is 4.92. The minimum absolute atomic E-state index is 0.0229. The number of carbonyl (C=O) groups excluding carboxylic acids is 2. The van der Waals surface area contributed by atoms with E-state index < -0.39 is 46.8 Å². The van der Waals surface area contributed by atoms with Gasteiger partial charge in [-0.3, -0.25) is 9.69 Å². The van der Waals surface area contributed by atoms with E-state index in [-0.39, 0.29) is 26.2 Å². The van der Waals surface area contributed by atoms with Gasteiger partial charge in [-0.25, -0.2) is 13.6 Å². The first-order valence-corrected chi connectivity index (χ1v) is 9.31. The van der Waals surface area contributed by atoms with Crippen LogP contribution in [0.4, 0.5) is 13.6 Å². The van der Waals surface area contributed by atoms with Gasteiger partial charge in [0.05, 0.1) is 32.5 Å². The second-order valence-corrected chi connectivity index (χ2v) is 8.32. The molecular formula is C19H26F2N2O5. The van der Waals surface area contributed by atoms with Crippen molar-refractivity contribution >= 4 is 12.0 Å². The van der Waals surface area contributed by atoms with Gasteiger partial charge < -0.3 is 19.5 Å². The summed E-state index contributed by atoms with van der Waals surface area (Å²) in [5.74, 6) is -2.41. The van der Waals surface area contributed by atoms with Gasteiger partial charge >= 0.3 is 6.09 Å². The molecule has 2 atom stereocenters. The lowest BCUT2D eigenvalue weighted by atomic mass is 9.85. The molecular weight excluding hydrogens is 374 g/mol. The predicted molar refractivity (Wildman–Crippen MR) is 95.7 cm³/mol. The molecule has 1 N–H and O–H groups in total. The van der Waals surface area contributed by atoms with Crippen molar-refractivity contribution < 1.29 is 32.6 Å². The molecule has 7 nitrogen and oxygen atoms in total. The largest absolute Gasteiger partial charge is 0.444 e. The van der Waals surface area contributed by atoms with Gasteiger partial charge in [-0.15, -0.1) is 0 Å². The van der Waals surface area contributed by atoms with Crippen LogP contribution in [0.15, 0.2) is 23.8 Å². The Bertz CT molecular complexity index is 693. The number of nitrogens with zero attached hydrogens (tertiary/aromatic N) is 1. The standard InChI is InChI=1S/C19H26F2N2O5/c1-18(2,3)28-17(25)23-9-15(12-6-13(20)8-14(21)7-12)22-16(24)19(23)10-26-4-5-27-11-19/h6,8,12,15H,4-5,7,9-11H2,1-3H3,(H,22,24)/t12?,15-/m0/s1. The van der Waals surface area contributed by atoms with E-state index >= 15 is 0 Å². The van der Waals surface area contributed by atoms with Crippen LogP contribution in [0.1, 0.15) is 27.2 Å². The lowest BCUT2D eigenvalue weighted by Gasteiger charge is -2.48. The number of allylic oxidation sites excluding steroid dienone is 3. The summed E-state index contributed by atoms with van der Waals surface area (Å²) in [7, 11) is 0. The highest BCUT2D eigenvalue weighted by molar-refractivity contribution is 5.92. The molecule has 0 aromatic carbocycles. The van der Waals surface area contributed by atoms with E-state index in [0.717, 1.165) is 6.08 Å². The topological polar surface area (TPSA) is 77.1 Å². The Labute approximate surface area is 162 Å². The van der Waals surface area contributed by atoms with Crippen LogP contribution in [0, 0.1) is 5.92 Å². The summed E-state index contributed by atoms with van der Waals surface area (Å²) in [6.45, 7) is 5.69. The monoisotopic (exact) mass is 400 g/mol. The van der Waals surface area contributed by atoms with Gasteiger partial charge in [0.2, 0.25) is 0 Å². The Kier molecular flexibility index (Phi) is 5.77. The van der Waals surface area contributed by atoms with Gasteiger partial charge in [-0.1, -0.05) is 0 Å². The van der Waals surface area contributed by atoms with Crippen LogP contribution in [0.5, 0.6) is 0 Å².